The van der Waals surface area contributed by atoms with Crippen LogP contribution >= 0.6 is 0 Å². The number of benzene rings is 1. The smallest absolute Gasteiger partial charge is 0.414 e. The lowest BCUT2D eigenvalue weighted by atomic mass is 10.2. The van der Waals surface area contributed by atoms with Crippen molar-refractivity contribution >= 4 is 29.1 Å². The Hall–Kier alpha value is -3.43. The summed E-state index contributed by atoms with van der Waals surface area (Å²) in [6.07, 6.45) is 2.14. The molecule has 2 aliphatic heterocycles. The van der Waals surface area contributed by atoms with Gasteiger partial charge < -0.3 is 19.9 Å². The van der Waals surface area contributed by atoms with E-state index >= 15 is 0 Å². The van der Waals surface area contributed by atoms with Crippen LogP contribution in [0.5, 0.6) is 0 Å². The van der Waals surface area contributed by atoms with Crippen LogP contribution in [0.2, 0.25) is 0 Å². The Morgan fingerprint density at radius 1 is 1.10 bits per heavy atom. The van der Waals surface area contributed by atoms with Crippen molar-refractivity contribution in [1.29, 1.82) is 0 Å². The van der Waals surface area contributed by atoms with Crippen molar-refractivity contribution in [2.45, 2.75) is 13.0 Å². The molecule has 0 spiro atoms. The zero-order valence-electron chi connectivity index (χ0n) is 17.1. The summed E-state index contributed by atoms with van der Waals surface area (Å²) >= 11 is 0. The first-order valence-electron chi connectivity index (χ1n) is 10.0. The van der Waals surface area contributed by atoms with Gasteiger partial charge in [0.25, 0.3) is 0 Å². The van der Waals surface area contributed by atoms with Crippen LogP contribution in [-0.4, -0.2) is 62.4 Å². The van der Waals surface area contributed by atoms with Gasteiger partial charge in [-0.25, -0.2) is 13.6 Å². The van der Waals surface area contributed by atoms with Crippen LogP contribution in [0.25, 0.3) is 0 Å². The first-order chi connectivity index (χ1) is 14.9. The molecule has 1 atom stereocenters. The molecule has 1 aromatic carbocycles. The number of hydrogen-bond acceptors (Lipinski definition) is 6. The molecule has 2 fully saturated rings. The maximum atomic E-state index is 14.9. The highest BCUT2D eigenvalue weighted by molar-refractivity contribution is 5.90. The van der Waals surface area contributed by atoms with Gasteiger partial charge in [-0.1, -0.05) is 0 Å². The molecule has 2 amide bonds. The Kier molecular flexibility index (Phi) is 5.88. The number of piperazine rings is 1. The molecule has 2 aliphatic rings. The topological polar surface area (TPSA) is 78.0 Å². The van der Waals surface area contributed by atoms with Crippen molar-refractivity contribution < 1.29 is 23.1 Å². The predicted molar refractivity (Wildman–Crippen MR) is 111 cm³/mol. The fraction of sp³-hybridized carbons (Fsp3) is 0.381. The molecule has 0 unspecified atom stereocenters. The minimum absolute atomic E-state index is 0.0875. The average molecular weight is 431 g/mol. The Bertz CT molecular complexity index is 944. The Morgan fingerprint density at radius 3 is 2.32 bits per heavy atom. The minimum Gasteiger partial charge on any atom is -0.442 e. The van der Waals surface area contributed by atoms with Gasteiger partial charge in [0, 0.05) is 63.3 Å². The first kappa shape index (κ1) is 20.8. The fourth-order valence-electron chi connectivity index (χ4n) is 3.85. The number of anilines is 3. The molecule has 164 valence electrons. The Balaban J connectivity index is 1.45. The molecule has 31 heavy (non-hydrogen) atoms. The summed E-state index contributed by atoms with van der Waals surface area (Å²) in [4.78, 5) is 32.2. The van der Waals surface area contributed by atoms with E-state index in [0.29, 0.717) is 26.2 Å². The number of amides is 2. The van der Waals surface area contributed by atoms with Crippen molar-refractivity contribution in [3.8, 4) is 0 Å². The van der Waals surface area contributed by atoms with E-state index in [2.05, 4.69) is 15.2 Å². The minimum atomic E-state index is -0.731. The lowest BCUT2D eigenvalue weighted by Gasteiger charge is -2.37. The van der Waals surface area contributed by atoms with E-state index in [9.17, 15) is 18.4 Å². The molecule has 0 saturated carbocycles. The van der Waals surface area contributed by atoms with E-state index in [1.165, 1.54) is 11.8 Å². The molecule has 1 aromatic heterocycles. The average Bonchev–Trinajstić information content (AvgIpc) is 3.13. The number of carbonyl (C=O) groups excluding carboxylic acids is 2. The number of ether oxygens (including phenoxy) is 1. The van der Waals surface area contributed by atoms with Crippen molar-refractivity contribution in [3.05, 3.63) is 48.3 Å². The number of hydrogen-bond donors (Lipinski definition) is 1. The van der Waals surface area contributed by atoms with E-state index in [1.54, 1.807) is 17.3 Å². The zero-order chi connectivity index (χ0) is 22.0. The third-order valence-corrected chi connectivity index (χ3v) is 5.39. The van der Waals surface area contributed by atoms with Crippen LogP contribution in [0, 0.1) is 11.6 Å². The first-order valence-corrected chi connectivity index (χ1v) is 10.0. The van der Waals surface area contributed by atoms with Crippen LogP contribution < -0.4 is 20.0 Å². The van der Waals surface area contributed by atoms with Gasteiger partial charge in [0.1, 0.15) is 11.8 Å². The van der Waals surface area contributed by atoms with Crippen molar-refractivity contribution in [3.63, 3.8) is 0 Å². The summed E-state index contributed by atoms with van der Waals surface area (Å²) in [5.74, 6) is -1.71. The summed E-state index contributed by atoms with van der Waals surface area (Å²) in [7, 11) is 0. The summed E-state index contributed by atoms with van der Waals surface area (Å²) in [5, 5.41) is 2.57. The number of halogens is 2. The van der Waals surface area contributed by atoms with Gasteiger partial charge in [-0.3, -0.25) is 14.7 Å². The highest BCUT2D eigenvalue weighted by Crippen LogP contribution is 2.32. The van der Waals surface area contributed by atoms with Gasteiger partial charge in [-0.15, -0.1) is 0 Å². The van der Waals surface area contributed by atoms with Crippen LogP contribution in [0.4, 0.5) is 30.6 Å². The number of rotatable bonds is 5. The molecule has 0 aliphatic carbocycles. The predicted octanol–water partition coefficient (Wildman–Crippen LogP) is 2.15. The van der Waals surface area contributed by atoms with Crippen LogP contribution in [0.3, 0.4) is 0 Å². The molecular weight excluding hydrogens is 408 g/mol. The zero-order valence-corrected chi connectivity index (χ0v) is 17.1. The monoisotopic (exact) mass is 431 g/mol. The van der Waals surface area contributed by atoms with E-state index in [-0.39, 0.29) is 30.4 Å². The molecule has 4 rings (SSSR count). The lowest BCUT2D eigenvalue weighted by molar-refractivity contribution is -0.119. The van der Waals surface area contributed by atoms with Crippen LogP contribution in [-0.2, 0) is 9.53 Å². The summed E-state index contributed by atoms with van der Waals surface area (Å²) in [6, 6.07) is 6.10. The largest absolute Gasteiger partial charge is 0.442 e. The summed E-state index contributed by atoms with van der Waals surface area (Å²) in [6.45, 7) is 3.75. The van der Waals surface area contributed by atoms with E-state index in [0.717, 1.165) is 17.8 Å². The molecule has 1 N–H and O–H groups in total. The second kappa shape index (κ2) is 8.75. The van der Waals surface area contributed by atoms with Crippen molar-refractivity contribution in [1.82, 2.24) is 10.3 Å². The molecule has 3 heterocycles. The Morgan fingerprint density at radius 2 is 1.71 bits per heavy atom. The second-order valence-electron chi connectivity index (χ2n) is 7.49. The molecule has 2 saturated heterocycles. The van der Waals surface area contributed by atoms with Crippen molar-refractivity contribution in [2.24, 2.45) is 0 Å². The molecule has 2 aromatic rings. The van der Waals surface area contributed by atoms with E-state index in [4.69, 9.17) is 4.74 Å². The summed E-state index contributed by atoms with van der Waals surface area (Å²) in [5.41, 5.74) is 1.01. The fourth-order valence-corrected chi connectivity index (χ4v) is 3.85. The highest BCUT2D eigenvalue weighted by Gasteiger charge is 2.34. The molecule has 10 heteroatoms. The maximum Gasteiger partial charge on any atom is 0.414 e. The summed E-state index contributed by atoms with van der Waals surface area (Å²) < 4.78 is 35.0. The number of nitrogens with zero attached hydrogens (tertiary/aromatic N) is 4. The number of pyridine rings is 1. The molecular formula is C21H23F2N5O3. The SMILES string of the molecule is CC(=O)NC[C@H]1CN(c2cc(F)c(N3CCN(c4ccncc4)CC3)c(F)c2)C(=O)O1. The molecule has 0 bridgehead atoms. The Labute approximate surface area is 178 Å². The molecule has 0 radical (unpaired) electrons. The quantitative estimate of drug-likeness (QED) is 0.782. The van der Waals surface area contributed by atoms with Gasteiger partial charge >= 0.3 is 6.09 Å². The third kappa shape index (κ3) is 4.52. The molecule has 8 nitrogen and oxygen atoms in total. The van der Waals surface area contributed by atoms with Gasteiger partial charge in [0.2, 0.25) is 5.91 Å². The van der Waals surface area contributed by atoms with Crippen LogP contribution in [0.15, 0.2) is 36.7 Å². The highest BCUT2D eigenvalue weighted by atomic mass is 19.1. The lowest BCUT2D eigenvalue weighted by Crippen LogP contribution is -2.47. The van der Waals surface area contributed by atoms with E-state index < -0.39 is 23.8 Å². The van der Waals surface area contributed by atoms with Gasteiger partial charge in [-0.2, -0.15) is 0 Å². The number of nitrogens with one attached hydrogen (secondary N) is 1. The van der Waals surface area contributed by atoms with Gasteiger partial charge in [0.05, 0.1) is 18.8 Å². The second-order valence-corrected chi connectivity index (χ2v) is 7.49. The maximum absolute atomic E-state index is 14.9. The van der Waals surface area contributed by atoms with Crippen LogP contribution in [0.1, 0.15) is 6.92 Å². The number of cyclic esters (lactones) is 1. The standard InChI is InChI=1S/C21H23F2N5O3/c1-14(29)25-12-17-13-28(21(30)31-17)16-10-18(22)20(19(23)11-16)27-8-6-26(7-9-27)15-2-4-24-5-3-15/h2-5,10-11,17H,6-9,12-13H2,1H3,(H,25,29)/t17-/m0/s1. The number of carbonyl (C=O) groups is 2. The normalized spacial score (nSPS) is 18.9. The van der Waals surface area contributed by atoms with Gasteiger partial charge in [0.15, 0.2) is 11.6 Å². The van der Waals surface area contributed by atoms with E-state index in [1.807, 2.05) is 12.1 Å². The number of aromatic nitrogens is 1. The third-order valence-electron chi connectivity index (χ3n) is 5.39. The van der Waals surface area contributed by atoms with Crippen molar-refractivity contribution in [2.75, 3.05) is 54.0 Å². The van der Waals surface area contributed by atoms with Gasteiger partial charge in [-0.05, 0) is 12.1 Å².